The van der Waals surface area contributed by atoms with Gasteiger partial charge in [-0.05, 0) is 141 Å². The molecule has 17 unspecified atom stereocenters. The van der Waals surface area contributed by atoms with Crippen LogP contribution in [0.25, 0.3) is 0 Å². The van der Waals surface area contributed by atoms with Gasteiger partial charge in [-0.2, -0.15) is 0 Å². The van der Waals surface area contributed by atoms with Crippen molar-refractivity contribution in [2.75, 3.05) is 23.8 Å². The normalized spacial score (nSPS) is 49.0. The standard InChI is InChI=1S/C49H67NO10S2/c1-26(2)27(3)40-41(60-40)48(58)12-6-9-29-19-34-35-21-39(55)47(23-37(54)36(53)22-44(34,47)4)43(57)62-61-25-31-8-5-7-30(24-51)45(31)15-16-50(42(45)56)32-17-28(18-33(52)20-32)10-13-46(29)38(48)11-14-49(35,46)59/h6,9,17-18,20-21,26-27,29-31,34,36-38,40-41,43,51-54,57-59H,5,7-8,10-16,19,22-25H2,1-4H3. The molecule has 62 heavy (non-hydrogen) atoms. The number of hydrogen-bond donors (Lipinski definition) is 7. The highest BCUT2D eigenvalue weighted by atomic mass is 33.1. The first-order chi connectivity index (χ1) is 29.4. The number of allylic oxidation sites excluding steroid dienone is 2. The predicted octanol–water partition coefficient (Wildman–Crippen LogP) is 5.70. The summed E-state index contributed by atoms with van der Waals surface area (Å²) >= 11 is 0. The van der Waals surface area contributed by atoms with E-state index in [0.29, 0.717) is 74.4 Å². The van der Waals surface area contributed by atoms with E-state index in [2.05, 4.69) is 32.9 Å². The van der Waals surface area contributed by atoms with E-state index in [4.69, 9.17) is 4.74 Å². The first kappa shape index (κ1) is 43.9. The van der Waals surface area contributed by atoms with Crippen LogP contribution in [-0.4, -0.2) is 107 Å². The Labute approximate surface area is 373 Å². The van der Waals surface area contributed by atoms with E-state index in [0.717, 1.165) is 24.8 Å². The molecule has 12 rings (SSSR count). The molecule has 1 amide bonds. The number of ketones is 1. The quantitative estimate of drug-likeness (QED) is 0.111. The molecule has 13 heteroatoms. The molecule has 340 valence electrons. The number of nitrogens with zero attached hydrogens (tertiary/aromatic N) is 1. The Morgan fingerprint density at radius 2 is 1.76 bits per heavy atom. The van der Waals surface area contributed by atoms with E-state index in [1.54, 1.807) is 23.1 Å². The summed E-state index contributed by atoms with van der Waals surface area (Å²) in [5, 5.41) is 84.9. The molecular weight excluding hydrogens is 827 g/mol. The fourth-order valence-electron chi connectivity index (χ4n) is 15.9. The maximum Gasteiger partial charge on any atom is 0.233 e. The van der Waals surface area contributed by atoms with Crippen LogP contribution < -0.4 is 4.90 Å². The van der Waals surface area contributed by atoms with Crippen LogP contribution in [0.1, 0.15) is 104 Å². The van der Waals surface area contributed by atoms with Crippen molar-refractivity contribution in [3.63, 3.8) is 0 Å². The minimum absolute atomic E-state index is 0.0356. The molecule has 5 aliphatic heterocycles. The van der Waals surface area contributed by atoms with E-state index in [-0.39, 0.29) is 66.7 Å². The minimum Gasteiger partial charge on any atom is -0.508 e. The molecule has 0 aromatic heterocycles. The van der Waals surface area contributed by atoms with Crippen molar-refractivity contribution in [1.29, 1.82) is 0 Å². The van der Waals surface area contributed by atoms with Gasteiger partial charge in [0.2, 0.25) is 5.91 Å². The van der Waals surface area contributed by atoms with Gasteiger partial charge < -0.3 is 45.4 Å². The number of rotatable bonds is 4. The first-order valence-electron chi connectivity index (χ1n) is 23.5. The van der Waals surface area contributed by atoms with Gasteiger partial charge in [0.25, 0.3) is 0 Å². The zero-order valence-electron chi connectivity index (χ0n) is 36.6. The Morgan fingerprint density at radius 3 is 2.52 bits per heavy atom. The van der Waals surface area contributed by atoms with Crippen LogP contribution in [0.2, 0.25) is 0 Å². The number of phenolic OH excluding ortho intramolecular Hbond substituents is 1. The third-order valence-corrected chi connectivity index (χ3v) is 22.1. The molecule has 0 radical (unpaired) electrons. The number of fused-ring (bicyclic) bond motifs is 1. The van der Waals surface area contributed by atoms with E-state index in [1.807, 2.05) is 13.0 Å². The lowest BCUT2D eigenvalue weighted by Crippen LogP contribution is -2.70. The lowest BCUT2D eigenvalue weighted by molar-refractivity contribution is -0.206. The monoisotopic (exact) mass is 893 g/mol. The highest BCUT2D eigenvalue weighted by Crippen LogP contribution is 2.76. The molecule has 7 N–H and O–H groups in total. The Hall–Kier alpha value is -1.94. The summed E-state index contributed by atoms with van der Waals surface area (Å²) < 4.78 is 6.46. The van der Waals surface area contributed by atoms with Crippen LogP contribution in [0.3, 0.4) is 0 Å². The molecule has 1 aromatic rings. The summed E-state index contributed by atoms with van der Waals surface area (Å²) in [6.45, 7) is 8.79. The predicted molar refractivity (Wildman–Crippen MR) is 238 cm³/mol. The molecular formula is C49H67NO10S2. The lowest BCUT2D eigenvalue weighted by Gasteiger charge is -2.66. The van der Waals surface area contributed by atoms with Crippen molar-refractivity contribution in [2.45, 2.75) is 146 Å². The molecule has 2 saturated heterocycles. The number of epoxide rings is 1. The fourth-order valence-corrected chi connectivity index (χ4v) is 18.9. The van der Waals surface area contributed by atoms with Gasteiger partial charge in [-0.15, -0.1) is 0 Å². The number of aliphatic hydroxyl groups excluding tert-OH is 4. The molecule has 11 nitrogen and oxygen atoms in total. The topological polar surface area (TPSA) is 192 Å². The summed E-state index contributed by atoms with van der Waals surface area (Å²) in [5.41, 5.74) is -6.50. The summed E-state index contributed by atoms with van der Waals surface area (Å²) in [6.07, 6.45) is 8.21. The zero-order chi connectivity index (χ0) is 43.9. The van der Waals surface area contributed by atoms with Gasteiger partial charge in [-0.25, -0.2) is 0 Å². The van der Waals surface area contributed by atoms with Gasteiger partial charge in [-0.3, -0.25) is 9.59 Å². The maximum absolute atomic E-state index is 15.3. The number of anilines is 1. The average molecular weight is 894 g/mol. The van der Waals surface area contributed by atoms with Crippen molar-refractivity contribution in [3.8, 4) is 5.75 Å². The van der Waals surface area contributed by atoms with Crippen molar-refractivity contribution in [3.05, 3.63) is 47.6 Å². The van der Waals surface area contributed by atoms with Gasteiger partial charge in [0, 0.05) is 42.0 Å². The number of aryl methyl sites for hydroxylation is 1. The molecule has 17 atom stereocenters. The van der Waals surface area contributed by atoms with Gasteiger partial charge in [0.1, 0.15) is 22.9 Å². The summed E-state index contributed by atoms with van der Waals surface area (Å²) in [4.78, 5) is 32.1. The van der Waals surface area contributed by atoms with E-state index < -0.39 is 68.4 Å². The number of carbonyl (C=O) groups excluding carboxylic acids is 2. The van der Waals surface area contributed by atoms with Crippen LogP contribution in [0.5, 0.6) is 5.75 Å². The molecule has 11 aliphatic rings. The number of hydrogen-bond acceptors (Lipinski definition) is 12. The molecule has 6 fully saturated rings. The highest BCUT2D eigenvalue weighted by Gasteiger charge is 2.78. The third kappa shape index (κ3) is 5.77. The second-order valence-corrected chi connectivity index (χ2v) is 24.4. The number of carbonyl (C=O) groups is 2. The second kappa shape index (κ2) is 15.0. The number of aliphatic hydroxyl groups is 6. The Kier molecular flexibility index (Phi) is 10.7. The Bertz CT molecular complexity index is 2060. The van der Waals surface area contributed by atoms with Crippen LogP contribution in [0.15, 0.2) is 42.0 Å². The van der Waals surface area contributed by atoms with Gasteiger partial charge >= 0.3 is 0 Å². The maximum atomic E-state index is 15.3. The fraction of sp³-hybridized carbons (Fsp3) is 0.755. The molecule has 6 aliphatic carbocycles. The number of benzene rings is 1. The van der Waals surface area contributed by atoms with Crippen LogP contribution in [0, 0.1) is 63.1 Å². The lowest BCUT2D eigenvalue weighted by atomic mass is 9.39. The van der Waals surface area contributed by atoms with Gasteiger partial charge in [-0.1, -0.05) is 67.9 Å². The molecule has 4 saturated carbocycles. The minimum atomic E-state index is -1.56. The molecule has 5 heterocycles. The highest BCUT2D eigenvalue weighted by molar-refractivity contribution is 8.76. The second-order valence-electron chi connectivity index (χ2n) is 21.9. The number of ether oxygens (including phenoxy) is 1. The smallest absolute Gasteiger partial charge is 0.233 e. The number of aromatic hydroxyl groups is 1. The van der Waals surface area contributed by atoms with E-state index in [1.165, 1.54) is 21.6 Å². The largest absolute Gasteiger partial charge is 0.508 e. The molecule has 8 bridgehead atoms. The van der Waals surface area contributed by atoms with Crippen molar-refractivity contribution in [2.24, 2.45) is 63.1 Å². The van der Waals surface area contributed by atoms with Crippen LogP contribution in [-0.2, 0) is 20.7 Å². The number of phenols is 1. The SMILES string of the molecule is CC(C)C(C)C1OC1C1(O)CC=CC2CC3C4=CC(=O)C5(CC(O)C(O)CC35C)C(O)SSCC3CCCC(CO)C35CCN(C5=O)c3cc(O)cc(c3)CCC23C1CCC43O. The molecule has 3 spiro atoms. The Morgan fingerprint density at radius 1 is 0.984 bits per heavy atom. The third-order valence-electron chi connectivity index (χ3n) is 19.4. The summed E-state index contributed by atoms with van der Waals surface area (Å²) in [5.74, 6) is -0.837. The van der Waals surface area contributed by atoms with E-state index in [9.17, 15) is 35.7 Å². The molecule has 1 aromatic carbocycles. The van der Waals surface area contributed by atoms with E-state index >= 15 is 9.59 Å². The van der Waals surface area contributed by atoms with Gasteiger partial charge in [0.05, 0.1) is 34.7 Å². The van der Waals surface area contributed by atoms with Crippen LogP contribution >= 0.6 is 21.6 Å². The Balaban J connectivity index is 1.15. The zero-order valence-corrected chi connectivity index (χ0v) is 38.3. The summed E-state index contributed by atoms with van der Waals surface area (Å²) in [6, 6.07) is 5.36. The number of amides is 1. The summed E-state index contributed by atoms with van der Waals surface area (Å²) in [7, 11) is 2.63. The first-order valence-corrected chi connectivity index (χ1v) is 25.9. The van der Waals surface area contributed by atoms with Crippen molar-refractivity contribution in [1.82, 2.24) is 0 Å². The van der Waals surface area contributed by atoms with Crippen LogP contribution in [0.4, 0.5) is 5.69 Å². The van der Waals surface area contributed by atoms with Crippen molar-refractivity contribution >= 4 is 39.0 Å². The van der Waals surface area contributed by atoms with Crippen molar-refractivity contribution < 1.29 is 50.1 Å². The average Bonchev–Trinajstić information content (AvgIpc) is 3.91. The van der Waals surface area contributed by atoms with Gasteiger partial charge in [0.15, 0.2) is 5.78 Å².